The van der Waals surface area contributed by atoms with E-state index in [4.69, 9.17) is 17.0 Å². The largest absolute Gasteiger partial charge is 0.492 e. The fourth-order valence-corrected chi connectivity index (χ4v) is 3.73. The fraction of sp³-hybridized carbons (Fsp3) is 0.0667. The maximum atomic E-state index is 12.8. The molecule has 0 saturated heterocycles. The molecule has 0 spiro atoms. The van der Waals surface area contributed by atoms with Gasteiger partial charge in [0.25, 0.3) is 17.7 Å². The van der Waals surface area contributed by atoms with Crippen LogP contribution in [0.15, 0.2) is 109 Å². The monoisotopic (exact) mass is 538 g/mol. The zero-order chi connectivity index (χ0) is 27.5. The second kappa shape index (κ2) is 13.5. The molecular formula is C30H26N4O4S. The van der Waals surface area contributed by atoms with Gasteiger partial charge in [-0.1, -0.05) is 60.7 Å². The van der Waals surface area contributed by atoms with E-state index in [2.05, 4.69) is 21.5 Å². The van der Waals surface area contributed by atoms with Crippen LogP contribution in [0, 0.1) is 0 Å². The Morgan fingerprint density at radius 1 is 0.641 bits per heavy atom. The minimum absolute atomic E-state index is 0.0841. The molecule has 0 bridgehead atoms. The highest BCUT2D eigenvalue weighted by atomic mass is 32.1. The lowest BCUT2D eigenvalue weighted by Gasteiger charge is -2.14. The van der Waals surface area contributed by atoms with E-state index in [1.165, 1.54) is 0 Å². The molecule has 196 valence electrons. The summed E-state index contributed by atoms with van der Waals surface area (Å²) in [6.07, 6.45) is 0.698. The average Bonchev–Trinajstić information content (AvgIpc) is 2.97. The Bertz CT molecular complexity index is 1450. The summed E-state index contributed by atoms with van der Waals surface area (Å²) in [6, 6.07) is 31.9. The minimum atomic E-state index is -0.476. The number of para-hydroxylation sites is 1. The van der Waals surface area contributed by atoms with E-state index in [1.54, 1.807) is 72.8 Å². The number of ether oxygens (including phenoxy) is 1. The van der Waals surface area contributed by atoms with Crippen LogP contribution >= 0.6 is 12.2 Å². The van der Waals surface area contributed by atoms with E-state index in [9.17, 15) is 14.4 Å². The molecule has 4 aromatic rings. The summed E-state index contributed by atoms with van der Waals surface area (Å²) >= 11 is 5.16. The predicted octanol–water partition coefficient (Wildman–Crippen LogP) is 4.51. The lowest BCUT2D eigenvalue weighted by atomic mass is 10.1. The van der Waals surface area contributed by atoms with Crippen molar-refractivity contribution in [1.82, 2.24) is 16.2 Å². The number of carbonyl (C=O) groups excluding carboxylic acids is 3. The van der Waals surface area contributed by atoms with Crippen molar-refractivity contribution >= 4 is 40.7 Å². The number of rotatable bonds is 8. The van der Waals surface area contributed by atoms with Gasteiger partial charge in [0.1, 0.15) is 5.75 Å². The summed E-state index contributed by atoms with van der Waals surface area (Å²) in [5, 5.41) is 5.23. The first-order valence-corrected chi connectivity index (χ1v) is 12.5. The van der Waals surface area contributed by atoms with Gasteiger partial charge in [-0.25, -0.2) is 0 Å². The number of benzene rings is 4. The van der Waals surface area contributed by atoms with Crippen molar-refractivity contribution < 1.29 is 19.1 Å². The lowest BCUT2D eigenvalue weighted by Crippen LogP contribution is -2.48. The highest BCUT2D eigenvalue weighted by Gasteiger charge is 2.14. The summed E-state index contributed by atoms with van der Waals surface area (Å²) < 4.78 is 5.84. The first-order chi connectivity index (χ1) is 19.0. The van der Waals surface area contributed by atoms with Gasteiger partial charge in [-0.15, -0.1) is 0 Å². The Hall–Kier alpha value is -5.02. The van der Waals surface area contributed by atoms with Gasteiger partial charge in [0, 0.05) is 23.2 Å². The average molecular weight is 539 g/mol. The molecule has 0 aromatic heterocycles. The van der Waals surface area contributed by atoms with Crippen LogP contribution in [0.4, 0.5) is 5.69 Å². The fourth-order valence-electron chi connectivity index (χ4n) is 3.59. The molecule has 4 aromatic carbocycles. The van der Waals surface area contributed by atoms with Gasteiger partial charge in [-0.3, -0.25) is 30.6 Å². The van der Waals surface area contributed by atoms with Crippen LogP contribution in [0.2, 0.25) is 0 Å². The summed E-state index contributed by atoms with van der Waals surface area (Å²) in [4.78, 5) is 37.6. The van der Waals surface area contributed by atoms with Gasteiger partial charge >= 0.3 is 0 Å². The van der Waals surface area contributed by atoms with Crippen molar-refractivity contribution in [3.8, 4) is 5.75 Å². The number of anilines is 1. The third-order valence-corrected chi connectivity index (χ3v) is 5.78. The van der Waals surface area contributed by atoms with E-state index in [1.807, 2.05) is 36.4 Å². The number of hydrazine groups is 1. The summed E-state index contributed by atoms with van der Waals surface area (Å²) in [6.45, 7) is 0.405. The molecule has 0 atom stereocenters. The quantitative estimate of drug-likeness (QED) is 0.194. The Balaban J connectivity index is 1.25. The molecule has 4 rings (SSSR count). The third kappa shape index (κ3) is 7.98. The number of nitrogens with one attached hydrogen (secondary N) is 4. The number of amides is 3. The van der Waals surface area contributed by atoms with E-state index in [-0.39, 0.29) is 11.0 Å². The van der Waals surface area contributed by atoms with Crippen molar-refractivity contribution in [3.05, 3.63) is 131 Å². The van der Waals surface area contributed by atoms with Crippen LogP contribution in [0.3, 0.4) is 0 Å². The zero-order valence-electron chi connectivity index (χ0n) is 20.8. The number of thiocarbonyl (C=S) groups is 1. The molecule has 0 radical (unpaired) electrons. The van der Waals surface area contributed by atoms with Gasteiger partial charge in [-0.2, -0.15) is 0 Å². The molecule has 0 heterocycles. The molecule has 9 heteroatoms. The van der Waals surface area contributed by atoms with E-state index in [0.717, 1.165) is 5.56 Å². The van der Waals surface area contributed by atoms with Gasteiger partial charge in [0.05, 0.1) is 12.2 Å². The Labute approximate surface area is 231 Å². The van der Waals surface area contributed by atoms with Gasteiger partial charge in [0.2, 0.25) is 0 Å². The van der Waals surface area contributed by atoms with Crippen LogP contribution in [0.1, 0.15) is 36.6 Å². The van der Waals surface area contributed by atoms with Crippen LogP contribution in [-0.4, -0.2) is 29.4 Å². The van der Waals surface area contributed by atoms with Crippen molar-refractivity contribution in [1.29, 1.82) is 0 Å². The molecule has 0 fully saturated rings. The molecule has 0 aliphatic rings. The molecule has 3 amide bonds. The number of carbonyl (C=O) groups is 3. The summed E-state index contributed by atoms with van der Waals surface area (Å²) in [5.74, 6) is -0.774. The molecule has 0 aliphatic carbocycles. The Kier molecular flexibility index (Phi) is 9.36. The van der Waals surface area contributed by atoms with Gasteiger partial charge < -0.3 is 10.1 Å². The van der Waals surface area contributed by atoms with Crippen molar-refractivity contribution in [2.75, 3.05) is 11.9 Å². The van der Waals surface area contributed by atoms with Crippen LogP contribution in [-0.2, 0) is 6.42 Å². The van der Waals surface area contributed by atoms with E-state index in [0.29, 0.717) is 41.2 Å². The highest BCUT2D eigenvalue weighted by molar-refractivity contribution is 7.80. The molecule has 0 aliphatic heterocycles. The van der Waals surface area contributed by atoms with Crippen LogP contribution in [0.25, 0.3) is 0 Å². The lowest BCUT2D eigenvalue weighted by molar-refractivity contribution is 0.0933. The maximum absolute atomic E-state index is 12.8. The molecule has 0 unspecified atom stereocenters. The van der Waals surface area contributed by atoms with E-state index < -0.39 is 11.8 Å². The standard InChI is InChI=1S/C30H26N4O4S/c35-27(22-11-5-2-6-12-22)31-24-17-15-23(16-18-24)28(36)33-34-30(39)32-29(37)25-13-7-8-14-26(25)38-20-19-21-9-3-1-4-10-21/h1-18H,19-20H2,(H,31,35)(H,33,36)(H2,32,34,37,39). The molecule has 8 nitrogen and oxygen atoms in total. The van der Waals surface area contributed by atoms with Gasteiger partial charge in [-0.05, 0) is 66.3 Å². The third-order valence-electron chi connectivity index (χ3n) is 5.58. The second-order valence-electron chi connectivity index (χ2n) is 8.34. The SMILES string of the molecule is O=C(NNC(=S)NC(=O)c1ccccc1OCCc1ccccc1)c1ccc(NC(=O)c2ccccc2)cc1. The first-order valence-electron chi connectivity index (χ1n) is 12.1. The van der Waals surface area contributed by atoms with Crippen LogP contribution < -0.4 is 26.2 Å². The number of hydrogen-bond acceptors (Lipinski definition) is 5. The molecule has 0 saturated carbocycles. The Morgan fingerprint density at radius 3 is 1.97 bits per heavy atom. The van der Waals surface area contributed by atoms with Crippen molar-refractivity contribution in [2.24, 2.45) is 0 Å². The molecule has 4 N–H and O–H groups in total. The highest BCUT2D eigenvalue weighted by Crippen LogP contribution is 2.18. The Morgan fingerprint density at radius 2 is 1.26 bits per heavy atom. The maximum Gasteiger partial charge on any atom is 0.269 e. The molecular weight excluding hydrogens is 512 g/mol. The predicted molar refractivity (Wildman–Crippen MR) is 154 cm³/mol. The second-order valence-corrected chi connectivity index (χ2v) is 8.75. The van der Waals surface area contributed by atoms with Crippen LogP contribution in [0.5, 0.6) is 5.75 Å². The smallest absolute Gasteiger partial charge is 0.269 e. The topological polar surface area (TPSA) is 109 Å². The van der Waals surface area contributed by atoms with E-state index >= 15 is 0 Å². The summed E-state index contributed by atoms with van der Waals surface area (Å²) in [5.41, 5.74) is 7.81. The normalized spacial score (nSPS) is 10.2. The number of hydrogen-bond donors (Lipinski definition) is 4. The van der Waals surface area contributed by atoms with Gasteiger partial charge in [0.15, 0.2) is 5.11 Å². The van der Waals surface area contributed by atoms with Crippen molar-refractivity contribution in [2.45, 2.75) is 6.42 Å². The van der Waals surface area contributed by atoms with Crippen molar-refractivity contribution in [3.63, 3.8) is 0 Å². The first kappa shape index (κ1) is 27.0. The zero-order valence-corrected chi connectivity index (χ0v) is 21.7. The minimum Gasteiger partial charge on any atom is -0.492 e. The molecule has 39 heavy (non-hydrogen) atoms. The summed E-state index contributed by atoms with van der Waals surface area (Å²) in [7, 11) is 0.